The molecule has 3 nitrogen and oxygen atoms in total. The maximum atomic E-state index is 5.52. The monoisotopic (exact) mass is 141 g/mol. The van der Waals surface area contributed by atoms with Gasteiger partial charge in [0.05, 0.1) is 5.54 Å². The summed E-state index contributed by atoms with van der Waals surface area (Å²) in [5.74, 6) is 5.52. The summed E-state index contributed by atoms with van der Waals surface area (Å²) in [6, 6.07) is 0. The molecule has 0 aromatic carbocycles. The van der Waals surface area contributed by atoms with Crippen LogP contribution in [0.1, 0.15) is 20.8 Å². The zero-order valence-corrected chi connectivity index (χ0v) is 6.83. The van der Waals surface area contributed by atoms with E-state index in [-0.39, 0.29) is 5.54 Å². The molecule has 10 heavy (non-hydrogen) atoms. The summed E-state index contributed by atoms with van der Waals surface area (Å²) < 4.78 is 0. The number of rotatable bonds is 2. The first kappa shape index (κ1) is 9.17. The fourth-order valence-electron chi connectivity index (χ4n) is 0.292. The standard InChI is InChI=1S/C7H15N3/c1-5-6-9-10(8)7(2,3)4/h5-6H,1,8H2,2-4H3/b9-6-. The van der Waals surface area contributed by atoms with Crippen molar-refractivity contribution < 1.29 is 0 Å². The van der Waals surface area contributed by atoms with Crippen LogP contribution in [0.15, 0.2) is 17.8 Å². The first-order valence-electron chi connectivity index (χ1n) is 3.18. The van der Waals surface area contributed by atoms with Gasteiger partial charge < -0.3 is 0 Å². The Morgan fingerprint density at radius 2 is 2.00 bits per heavy atom. The number of nitrogens with zero attached hydrogens (tertiary/aromatic N) is 2. The van der Waals surface area contributed by atoms with E-state index in [4.69, 9.17) is 5.84 Å². The third-order valence-corrected chi connectivity index (χ3v) is 0.984. The van der Waals surface area contributed by atoms with Crippen LogP contribution in [0.5, 0.6) is 0 Å². The van der Waals surface area contributed by atoms with Crippen LogP contribution < -0.4 is 5.84 Å². The minimum absolute atomic E-state index is 0.125. The lowest BCUT2D eigenvalue weighted by molar-refractivity contribution is 0.146. The van der Waals surface area contributed by atoms with E-state index < -0.39 is 0 Å². The summed E-state index contributed by atoms with van der Waals surface area (Å²) in [5, 5.41) is 5.28. The molecule has 0 aromatic rings. The van der Waals surface area contributed by atoms with Crippen molar-refractivity contribution in [3.8, 4) is 0 Å². The predicted octanol–water partition coefficient (Wildman–Crippen LogP) is 1.13. The molecular weight excluding hydrogens is 126 g/mol. The molecular formula is C7H15N3. The minimum atomic E-state index is -0.125. The highest BCUT2D eigenvalue weighted by Crippen LogP contribution is 2.07. The molecule has 2 N–H and O–H groups in total. The van der Waals surface area contributed by atoms with Crippen molar-refractivity contribution >= 4 is 6.21 Å². The smallest absolute Gasteiger partial charge is 0.0664 e. The number of hydrogen-bond acceptors (Lipinski definition) is 3. The number of hydrogen-bond donors (Lipinski definition) is 1. The third kappa shape index (κ3) is 3.25. The normalized spacial score (nSPS) is 12.0. The van der Waals surface area contributed by atoms with E-state index in [1.807, 2.05) is 20.8 Å². The lowest BCUT2D eigenvalue weighted by Crippen LogP contribution is -2.42. The molecule has 0 aliphatic carbocycles. The molecule has 0 atom stereocenters. The van der Waals surface area contributed by atoms with Crippen molar-refractivity contribution in [2.75, 3.05) is 0 Å². The summed E-state index contributed by atoms with van der Waals surface area (Å²) in [7, 11) is 0. The summed E-state index contributed by atoms with van der Waals surface area (Å²) in [6.07, 6.45) is 3.15. The van der Waals surface area contributed by atoms with Crippen LogP contribution in [0.25, 0.3) is 0 Å². The summed E-state index contributed by atoms with van der Waals surface area (Å²) in [6.45, 7) is 9.42. The van der Waals surface area contributed by atoms with E-state index in [1.165, 1.54) is 5.12 Å². The van der Waals surface area contributed by atoms with Crippen LogP contribution in [0.4, 0.5) is 0 Å². The molecule has 0 saturated heterocycles. The highest BCUT2D eigenvalue weighted by Gasteiger charge is 2.14. The van der Waals surface area contributed by atoms with Crippen LogP contribution in [0.2, 0.25) is 0 Å². The number of hydrazone groups is 1. The van der Waals surface area contributed by atoms with Gasteiger partial charge in [0.2, 0.25) is 0 Å². The molecule has 0 heterocycles. The zero-order chi connectivity index (χ0) is 8.20. The SMILES string of the molecule is C=C/C=N\N(N)C(C)(C)C. The highest BCUT2D eigenvalue weighted by atomic mass is 15.6. The van der Waals surface area contributed by atoms with Crippen molar-refractivity contribution in [3.63, 3.8) is 0 Å². The number of allylic oxidation sites excluding steroid dienone is 1. The number of hydrazine groups is 1. The van der Waals surface area contributed by atoms with Gasteiger partial charge in [0.15, 0.2) is 0 Å². The first-order valence-corrected chi connectivity index (χ1v) is 3.18. The maximum Gasteiger partial charge on any atom is 0.0664 e. The molecule has 0 aliphatic rings. The van der Waals surface area contributed by atoms with E-state index >= 15 is 0 Å². The summed E-state index contributed by atoms with van der Waals surface area (Å²) in [5.41, 5.74) is -0.125. The molecule has 0 rings (SSSR count). The molecule has 0 unspecified atom stereocenters. The lowest BCUT2D eigenvalue weighted by atomic mass is 10.1. The van der Waals surface area contributed by atoms with Crippen LogP contribution >= 0.6 is 0 Å². The van der Waals surface area contributed by atoms with Crippen molar-refractivity contribution in [1.29, 1.82) is 0 Å². The third-order valence-electron chi connectivity index (χ3n) is 0.984. The molecule has 0 aliphatic heterocycles. The lowest BCUT2D eigenvalue weighted by Gasteiger charge is -2.27. The van der Waals surface area contributed by atoms with Crippen molar-refractivity contribution in [2.45, 2.75) is 26.3 Å². The van der Waals surface area contributed by atoms with Gasteiger partial charge in [-0.15, -0.1) is 0 Å². The quantitative estimate of drug-likeness (QED) is 0.356. The minimum Gasteiger partial charge on any atom is -0.231 e. The van der Waals surface area contributed by atoms with Gasteiger partial charge in [-0.2, -0.15) is 5.10 Å². The van der Waals surface area contributed by atoms with E-state index in [0.717, 1.165) is 0 Å². The average molecular weight is 141 g/mol. The van der Waals surface area contributed by atoms with Crippen LogP contribution in [0, 0.1) is 0 Å². The largest absolute Gasteiger partial charge is 0.231 e. The first-order chi connectivity index (χ1) is 4.48. The second-order valence-electron chi connectivity index (χ2n) is 3.02. The van der Waals surface area contributed by atoms with Gasteiger partial charge in [-0.05, 0) is 26.8 Å². The van der Waals surface area contributed by atoms with Gasteiger partial charge >= 0.3 is 0 Å². The van der Waals surface area contributed by atoms with Crippen LogP contribution in [0.3, 0.4) is 0 Å². The van der Waals surface area contributed by atoms with E-state index in [0.29, 0.717) is 0 Å². The predicted molar refractivity (Wildman–Crippen MR) is 44.5 cm³/mol. The second kappa shape index (κ2) is 3.37. The number of nitrogens with two attached hydrogens (primary N) is 1. The molecule has 3 heteroatoms. The van der Waals surface area contributed by atoms with Gasteiger partial charge in [0.25, 0.3) is 0 Å². The summed E-state index contributed by atoms with van der Waals surface area (Å²) in [4.78, 5) is 0. The summed E-state index contributed by atoms with van der Waals surface area (Å²) >= 11 is 0. The van der Waals surface area contributed by atoms with Gasteiger partial charge in [0.1, 0.15) is 0 Å². The Bertz CT molecular complexity index is 132. The van der Waals surface area contributed by atoms with Crippen molar-refractivity contribution in [1.82, 2.24) is 5.12 Å². The Labute approximate surface area is 62.2 Å². The van der Waals surface area contributed by atoms with Gasteiger partial charge in [-0.3, -0.25) is 0 Å². The molecule has 0 amide bonds. The molecule has 0 saturated carbocycles. The Hall–Kier alpha value is -0.830. The van der Waals surface area contributed by atoms with E-state index in [2.05, 4.69) is 11.7 Å². The molecule has 0 spiro atoms. The Kier molecular flexibility index (Phi) is 3.09. The Morgan fingerprint density at radius 1 is 1.50 bits per heavy atom. The average Bonchev–Trinajstić information content (AvgIpc) is 1.80. The second-order valence-corrected chi connectivity index (χ2v) is 3.02. The fourth-order valence-corrected chi connectivity index (χ4v) is 0.292. The highest BCUT2D eigenvalue weighted by molar-refractivity contribution is 5.69. The van der Waals surface area contributed by atoms with E-state index in [9.17, 15) is 0 Å². The van der Waals surface area contributed by atoms with Crippen molar-refractivity contribution in [3.05, 3.63) is 12.7 Å². The van der Waals surface area contributed by atoms with E-state index in [1.54, 1.807) is 12.3 Å². The molecule has 0 bridgehead atoms. The molecule has 58 valence electrons. The van der Waals surface area contributed by atoms with Crippen LogP contribution in [-0.2, 0) is 0 Å². The molecule has 0 aromatic heterocycles. The molecule has 0 radical (unpaired) electrons. The van der Waals surface area contributed by atoms with Crippen LogP contribution in [-0.4, -0.2) is 16.9 Å². The maximum absolute atomic E-state index is 5.52. The van der Waals surface area contributed by atoms with Crippen molar-refractivity contribution in [2.24, 2.45) is 10.9 Å². The zero-order valence-electron chi connectivity index (χ0n) is 6.83. The van der Waals surface area contributed by atoms with Gasteiger partial charge in [0, 0.05) is 6.21 Å². The Balaban J connectivity index is 3.96. The molecule has 0 fully saturated rings. The van der Waals surface area contributed by atoms with Gasteiger partial charge in [-0.1, -0.05) is 6.58 Å². The fraction of sp³-hybridized carbons (Fsp3) is 0.571. The van der Waals surface area contributed by atoms with Gasteiger partial charge in [-0.25, -0.2) is 11.0 Å². The topological polar surface area (TPSA) is 41.6 Å². The Morgan fingerprint density at radius 3 is 2.30 bits per heavy atom.